The second-order valence-corrected chi connectivity index (χ2v) is 12.8. The van der Waals surface area contributed by atoms with E-state index in [4.69, 9.17) is 19.4 Å². The molecule has 4 heteroatoms. The lowest BCUT2D eigenvalue weighted by molar-refractivity contribution is 0.669. The van der Waals surface area contributed by atoms with Crippen LogP contribution in [0, 0.1) is 0 Å². The number of hydrogen-bond acceptors (Lipinski definition) is 4. The second-order valence-electron chi connectivity index (χ2n) is 12.8. The highest BCUT2D eigenvalue weighted by molar-refractivity contribution is 6.27. The van der Waals surface area contributed by atoms with Crippen molar-refractivity contribution in [1.82, 2.24) is 15.0 Å². The van der Waals surface area contributed by atoms with Crippen molar-refractivity contribution in [2.45, 2.75) is 0 Å². The maximum atomic E-state index is 6.62. The van der Waals surface area contributed by atoms with Crippen molar-refractivity contribution in [2.75, 3.05) is 0 Å². The van der Waals surface area contributed by atoms with Gasteiger partial charge in [0.25, 0.3) is 0 Å². The van der Waals surface area contributed by atoms with Crippen LogP contribution in [0.1, 0.15) is 0 Å². The Balaban J connectivity index is 1.29. The monoisotopic (exact) mass is 651 g/mol. The first-order valence-electron chi connectivity index (χ1n) is 17.1. The van der Waals surface area contributed by atoms with Crippen molar-refractivity contribution in [3.63, 3.8) is 0 Å². The van der Waals surface area contributed by atoms with Gasteiger partial charge in [-0.15, -0.1) is 0 Å². The first-order valence-corrected chi connectivity index (χ1v) is 17.1. The molecule has 3 heterocycles. The highest BCUT2D eigenvalue weighted by atomic mass is 16.3. The van der Waals surface area contributed by atoms with Gasteiger partial charge in [0, 0.05) is 54.7 Å². The number of aromatic nitrogens is 3. The minimum absolute atomic E-state index is 0.669. The van der Waals surface area contributed by atoms with Crippen LogP contribution < -0.4 is 0 Å². The lowest BCUT2D eigenvalue weighted by Gasteiger charge is -2.16. The van der Waals surface area contributed by atoms with E-state index in [-0.39, 0.29) is 0 Å². The van der Waals surface area contributed by atoms with Crippen LogP contribution in [0.3, 0.4) is 0 Å². The van der Waals surface area contributed by atoms with Crippen molar-refractivity contribution in [1.29, 1.82) is 0 Å². The number of para-hydroxylation sites is 2. The molecule has 0 aliphatic rings. The molecule has 0 bridgehead atoms. The number of benzene rings is 7. The van der Waals surface area contributed by atoms with Gasteiger partial charge in [-0.2, -0.15) is 0 Å². The molecule has 4 nitrogen and oxygen atoms in total. The van der Waals surface area contributed by atoms with Gasteiger partial charge in [0.1, 0.15) is 11.2 Å². The third-order valence-electron chi connectivity index (χ3n) is 9.65. The summed E-state index contributed by atoms with van der Waals surface area (Å²) < 4.78 is 6.62. The summed E-state index contributed by atoms with van der Waals surface area (Å²) in [6.07, 6.45) is 0. The molecule has 51 heavy (non-hydrogen) atoms. The van der Waals surface area contributed by atoms with Gasteiger partial charge in [-0.25, -0.2) is 15.0 Å². The predicted octanol–water partition coefficient (Wildman–Crippen LogP) is 12.4. The first-order chi connectivity index (χ1) is 25.3. The van der Waals surface area contributed by atoms with Gasteiger partial charge in [-0.3, -0.25) is 0 Å². The zero-order valence-electron chi connectivity index (χ0n) is 27.5. The van der Waals surface area contributed by atoms with Crippen molar-refractivity contribution in [3.8, 4) is 56.3 Å². The Hall–Kier alpha value is -6.91. The highest BCUT2D eigenvalue weighted by Crippen LogP contribution is 2.46. The molecule has 10 rings (SSSR count). The van der Waals surface area contributed by atoms with Crippen LogP contribution in [-0.4, -0.2) is 15.0 Å². The number of rotatable bonds is 5. The number of furan rings is 1. The molecule has 0 radical (unpaired) electrons. The largest absolute Gasteiger partial charge is 0.456 e. The Morgan fingerprint density at radius 1 is 0.353 bits per heavy atom. The summed E-state index contributed by atoms with van der Waals surface area (Å²) in [6.45, 7) is 0. The Kier molecular flexibility index (Phi) is 6.78. The summed E-state index contributed by atoms with van der Waals surface area (Å²) in [5.41, 5.74) is 11.5. The van der Waals surface area contributed by atoms with Crippen molar-refractivity contribution in [3.05, 3.63) is 176 Å². The standard InChI is InChI=1S/C47H29N3O/c1-4-15-30(16-5-1)39-29-40(31-17-6-2-7-18-31)50-47(49-39)34-22-14-21-33(27-34)43-44-35-23-10-12-25-38(35)48-46(32-19-8-3-9-20-32)37(44)28-42-45(43)36-24-11-13-26-41(36)51-42/h1-29H. The minimum atomic E-state index is 0.669. The van der Waals surface area contributed by atoms with Crippen molar-refractivity contribution >= 4 is 43.6 Å². The molecule has 0 atom stereocenters. The number of nitrogens with zero attached hydrogens (tertiary/aromatic N) is 3. The Bertz CT molecular complexity index is 2840. The molecule has 0 unspecified atom stereocenters. The van der Waals surface area contributed by atoms with Crippen LogP contribution in [0.25, 0.3) is 99.9 Å². The van der Waals surface area contributed by atoms with Gasteiger partial charge in [-0.05, 0) is 35.9 Å². The summed E-state index contributed by atoms with van der Waals surface area (Å²) in [7, 11) is 0. The van der Waals surface area contributed by atoms with E-state index in [2.05, 4.69) is 121 Å². The molecule has 7 aromatic carbocycles. The average Bonchev–Trinajstić information content (AvgIpc) is 3.59. The molecule has 0 fully saturated rings. The van der Waals surface area contributed by atoms with Gasteiger partial charge in [0.05, 0.1) is 22.6 Å². The van der Waals surface area contributed by atoms with Crippen molar-refractivity contribution in [2.24, 2.45) is 0 Å². The zero-order valence-corrected chi connectivity index (χ0v) is 27.5. The van der Waals surface area contributed by atoms with Crippen LogP contribution in [0.2, 0.25) is 0 Å². The Labute approximate surface area is 294 Å². The summed E-state index contributed by atoms with van der Waals surface area (Å²) >= 11 is 0. The molecule has 3 aromatic heterocycles. The summed E-state index contributed by atoms with van der Waals surface area (Å²) in [6, 6.07) is 60.7. The molecule has 0 aliphatic heterocycles. The van der Waals surface area contributed by atoms with Gasteiger partial charge in [0.2, 0.25) is 0 Å². The molecular formula is C47H29N3O. The Morgan fingerprint density at radius 2 is 0.922 bits per heavy atom. The van der Waals surface area contributed by atoms with E-state index in [0.29, 0.717) is 5.82 Å². The SMILES string of the molecule is c1ccc(-c2cc(-c3ccccc3)nc(-c3cccc(-c4c5c(cc6c(-c7ccccc7)nc7ccccc7c46)oc4ccccc45)c3)n2)cc1. The van der Waals surface area contributed by atoms with Crippen LogP contribution in [0.5, 0.6) is 0 Å². The maximum absolute atomic E-state index is 6.62. The van der Waals surface area contributed by atoms with Gasteiger partial charge in [0.15, 0.2) is 5.82 Å². The van der Waals surface area contributed by atoms with E-state index in [1.54, 1.807) is 0 Å². The van der Waals surface area contributed by atoms with E-state index in [9.17, 15) is 0 Å². The third-order valence-corrected chi connectivity index (χ3v) is 9.65. The zero-order chi connectivity index (χ0) is 33.7. The predicted molar refractivity (Wildman–Crippen MR) is 209 cm³/mol. The normalized spacial score (nSPS) is 11.5. The fraction of sp³-hybridized carbons (Fsp3) is 0. The molecule has 0 amide bonds. The van der Waals surface area contributed by atoms with Crippen LogP contribution >= 0.6 is 0 Å². The summed E-state index contributed by atoms with van der Waals surface area (Å²) in [5.74, 6) is 0.669. The number of hydrogen-bond donors (Lipinski definition) is 0. The fourth-order valence-electron chi connectivity index (χ4n) is 7.33. The molecule has 0 spiro atoms. The smallest absolute Gasteiger partial charge is 0.160 e. The second kappa shape index (κ2) is 11.9. The highest BCUT2D eigenvalue weighted by Gasteiger charge is 2.22. The molecule has 0 N–H and O–H groups in total. The lowest BCUT2D eigenvalue weighted by atomic mass is 9.89. The van der Waals surface area contributed by atoms with E-state index in [0.717, 1.165) is 94.1 Å². The van der Waals surface area contributed by atoms with Crippen LogP contribution in [0.4, 0.5) is 0 Å². The molecule has 0 aliphatic carbocycles. The lowest BCUT2D eigenvalue weighted by Crippen LogP contribution is -1.96. The summed E-state index contributed by atoms with van der Waals surface area (Å²) in [5, 5.41) is 5.42. The molecule has 10 aromatic rings. The molecule has 0 saturated heterocycles. The Morgan fingerprint density at radius 3 is 1.63 bits per heavy atom. The molecule has 0 saturated carbocycles. The molecular weight excluding hydrogens is 623 g/mol. The van der Waals surface area contributed by atoms with Crippen molar-refractivity contribution < 1.29 is 4.42 Å². The van der Waals surface area contributed by atoms with Gasteiger partial charge in [-0.1, -0.05) is 146 Å². The van der Waals surface area contributed by atoms with Crippen LogP contribution in [0.15, 0.2) is 180 Å². The minimum Gasteiger partial charge on any atom is -0.456 e. The topological polar surface area (TPSA) is 51.8 Å². The maximum Gasteiger partial charge on any atom is 0.160 e. The third kappa shape index (κ3) is 4.96. The van der Waals surface area contributed by atoms with Crippen LogP contribution in [-0.2, 0) is 0 Å². The average molecular weight is 652 g/mol. The van der Waals surface area contributed by atoms with E-state index in [1.807, 2.05) is 54.6 Å². The van der Waals surface area contributed by atoms with E-state index >= 15 is 0 Å². The fourth-order valence-corrected chi connectivity index (χ4v) is 7.33. The van der Waals surface area contributed by atoms with E-state index < -0.39 is 0 Å². The number of fused-ring (bicyclic) bond motifs is 6. The van der Waals surface area contributed by atoms with Gasteiger partial charge >= 0.3 is 0 Å². The molecule has 238 valence electrons. The van der Waals surface area contributed by atoms with Gasteiger partial charge < -0.3 is 4.42 Å². The quantitative estimate of drug-likeness (QED) is 0.174. The summed E-state index contributed by atoms with van der Waals surface area (Å²) in [4.78, 5) is 15.6. The van der Waals surface area contributed by atoms with E-state index in [1.165, 1.54) is 0 Å². The first kappa shape index (κ1) is 29.0. The number of pyridine rings is 1.